The van der Waals surface area contributed by atoms with E-state index in [0.717, 1.165) is 11.3 Å². The second-order valence-corrected chi connectivity index (χ2v) is 8.88. The highest BCUT2D eigenvalue weighted by Crippen LogP contribution is 2.22. The van der Waals surface area contributed by atoms with Gasteiger partial charge in [0, 0.05) is 17.5 Å². The van der Waals surface area contributed by atoms with Gasteiger partial charge in [0.25, 0.3) is 10.0 Å². The Morgan fingerprint density at radius 3 is 2.62 bits per heavy atom. The molecule has 9 heteroatoms. The highest BCUT2D eigenvalue weighted by Gasteiger charge is 2.16. The number of carbonyl (C=O) groups is 1. The SMILES string of the molecule is COc1ccc(S(=O)(=O)Nc2nc(CCC(=O)Nc3cccc(C)c3)cs2)cc1. The Labute approximate surface area is 173 Å². The molecule has 0 fully saturated rings. The zero-order chi connectivity index (χ0) is 20.9. The minimum Gasteiger partial charge on any atom is -0.497 e. The van der Waals surface area contributed by atoms with Crippen molar-refractivity contribution in [2.24, 2.45) is 0 Å². The topological polar surface area (TPSA) is 97.4 Å². The number of anilines is 2. The van der Waals surface area contributed by atoms with Crippen LogP contribution >= 0.6 is 11.3 Å². The summed E-state index contributed by atoms with van der Waals surface area (Å²) in [5, 5.41) is 4.84. The van der Waals surface area contributed by atoms with Crippen molar-refractivity contribution in [2.75, 3.05) is 17.1 Å². The van der Waals surface area contributed by atoms with E-state index in [2.05, 4.69) is 15.0 Å². The van der Waals surface area contributed by atoms with Gasteiger partial charge < -0.3 is 10.1 Å². The molecular formula is C20H21N3O4S2. The standard InChI is InChI=1S/C20H21N3O4S2/c1-14-4-3-5-15(12-14)21-19(24)11-6-16-13-28-20(22-16)23-29(25,26)18-9-7-17(27-2)8-10-18/h3-5,7-10,12-13H,6,11H2,1-2H3,(H,21,24)(H,22,23). The molecule has 1 aromatic heterocycles. The number of aromatic nitrogens is 1. The summed E-state index contributed by atoms with van der Waals surface area (Å²) in [6, 6.07) is 13.7. The van der Waals surface area contributed by atoms with Gasteiger partial charge in [-0.05, 0) is 55.3 Å². The molecule has 0 bridgehead atoms. The summed E-state index contributed by atoms with van der Waals surface area (Å²) in [6.45, 7) is 1.96. The molecule has 0 unspecified atom stereocenters. The summed E-state index contributed by atoms with van der Waals surface area (Å²) in [6.07, 6.45) is 0.667. The van der Waals surface area contributed by atoms with Gasteiger partial charge in [-0.2, -0.15) is 0 Å². The van der Waals surface area contributed by atoms with Crippen molar-refractivity contribution < 1.29 is 17.9 Å². The number of nitrogens with one attached hydrogen (secondary N) is 2. The summed E-state index contributed by atoms with van der Waals surface area (Å²) in [5.74, 6) is 0.452. The minimum absolute atomic E-state index is 0.118. The lowest BCUT2D eigenvalue weighted by molar-refractivity contribution is -0.116. The number of benzene rings is 2. The lowest BCUT2D eigenvalue weighted by atomic mass is 10.2. The highest BCUT2D eigenvalue weighted by atomic mass is 32.2. The van der Waals surface area contributed by atoms with Gasteiger partial charge in [-0.1, -0.05) is 12.1 Å². The van der Waals surface area contributed by atoms with Crippen molar-refractivity contribution in [3.8, 4) is 5.75 Å². The van der Waals surface area contributed by atoms with Crippen LogP contribution in [0.25, 0.3) is 0 Å². The van der Waals surface area contributed by atoms with Crippen LogP contribution in [-0.2, 0) is 21.2 Å². The quantitative estimate of drug-likeness (QED) is 0.565. The first-order valence-electron chi connectivity index (χ1n) is 8.83. The van der Waals surface area contributed by atoms with Crippen LogP contribution in [0.4, 0.5) is 10.8 Å². The molecule has 7 nitrogen and oxygen atoms in total. The fourth-order valence-electron chi connectivity index (χ4n) is 2.59. The van der Waals surface area contributed by atoms with Gasteiger partial charge in [0.15, 0.2) is 5.13 Å². The molecule has 1 amide bonds. The van der Waals surface area contributed by atoms with Crippen molar-refractivity contribution in [3.05, 3.63) is 65.2 Å². The average molecular weight is 432 g/mol. The van der Waals surface area contributed by atoms with Gasteiger partial charge in [-0.15, -0.1) is 11.3 Å². The molecule has 0 aliphatic rings. The Bertz CT molecular complexity index is 1090. The number of thiazole rings is 1. The third kappa shape index (κ3) is 5.78. The van der Waals surface area contributed by atoms with Crippen LogP contribution in [-0.4, -0.2) is 26.4 Å². The number of hydrogen-bond donors (Lipinski definition) is 2. The van der Waals surface area contributed by atoms with Crippen molar-refractivity contribution >= 4 is 38.1 Å². The molecule has 0 atom stereocenters. The highest BCUT2D eigenvalue weighted by molar-refractivity contribution is 7.93. The maximum atomic E-state index is 12.5. The summed E-state index contributed by atoms with van der Waals surface area (Å²) in [7, 11) is -2.22. The van der Waals surface area contributed by atoms with E-state index in [4.69, 9.17) is 4.74 Å². The molecular weight excluding hydrogens is 410 g/mol. The summed E-state index contributed by atoms with van der Waals surface area (Å²) in [5.41, 5.74) is 2.47. The lowest BCUT2D eigenvalue weighted by Gasteiger charge is -2.06. The van der Waals surface area contributed by atoms with E-state index in [1.165, 1.54) is 30.6 Å². The average Bonchev–Trinajstić information content (AvgIpc) is 3.13. The second-order valence-electron chi connectivity index (χ2n) is 6.34. The zero-order valence-corrected chi connectivity index (χ0v) is 17.6. The van der Waals surface area contributed by atoms with Crippen LogP contribution in [0.3, 0.4) is 0 Å². The second kappa shape index (κ2) is 9.06. The van der Waals surface area contributed by atoms with E-state index >= 15 is 0 Å². The van der Waals surface area contributed by atoms with E-state index in [0.29, 0.717) is 17.9 Å². The molecule has 2 aromatic carbocycles. The molecule has 3 rings (SSSR count). The van der Waals surface area contributed by atoms with Gasteiger partial charge >= 0.3 is 0 Å². The van der Waals surface area contributed by atoms with Crippen LogP contribution in [0.15, 0.2) is 58.8 Å². The monoisotopic (exact) mass is 431 g/mol. The molecule has 1 heterocycles. The van der Waals surface area contributed by atoms with Gasteiger partial charge in [-0.3, -0.25) is 9.52 Å². The molecule has 152 valence electrons. The number of amides is 1. The van der Waals surface area contributed by atoms with Crippen LogP contribution in [0.2, 0.25) is 0 Å². The number of nitrogens with zero attached hydrogens (tertiary/aromatic N) is 1. The molecule has 0 aliphatic carbocycles. The Morgan fingerprint density at radius 1 is 1.17 bits per heavy atom. The first-order valence-corrected chi connectivity index (χ1v) is 11.2. The maximum absolute atomic E-state index is 12.5. The number of rotatable bonds is 8. The number of carbonyl (C=O) groups excluding carboxylic acids is 1. The van der Waals surface area contributed by atoms with Crippen molar-refractivity contribution in [1.29, 1.82) is 0 Å². The number of methoxy groups -OCH3 is 1. The molecule has 2 N–H and O–H groups in total. The Morgan fingerprint density at radius 2 is 1.93 bits per heavy atom. The number of hydrogen-bond acceptors (Lipinski definition) is 6. The van der Waals surface area contributed by atoms with E-state index < -0.39 is 10.0 Å². The van der Waals surface area contributed by atoms with E-state index in [9.17, 15) is 13.2 Å². The minimum atomic E-state index is -3.74. The third-order valence-corrected chi connectivity index (χ3v) is 6.34. The predicted octanol–water partition coefficient (Wildman–Crippen LogP) is 3.83. The largest absolute Gasteiger partial charge is 0.497 e. The van der Waals surface area contributed by atoms with E-state index in [1.54, 1.807) is 17.5 Å². The fourth-order valence-corrected chi connectivity index (χ4v) is 4.58. The molecule has 0 aliphatic heterocycles. The van der Waals surface area contributed by atoms with Gasteiger partial charge in [0.2, 0.25) is 5.91 Å². The summed E-state index contributed by atoms with van der Waals surface area (Å²) >= 11 is 1.18. The Balaban J connectivity index is 1.56. The van der Waals surface area contributed by atoms with Crippen molar-refractivity contribution in [3.63, 3.8) is 0 Å². The molecule has 3 aromatic rings. The van der Waals surface area contributed by atoms with Crippen molar-refractivity contribution in [1.82, 2.24) is 4.98 Å². The van der Waals surface area contributed by atoms with Gasteiger partial charge in [0.1, 0.15) is 5.75 Å². The summed E-state index contributed by atoms with van der Waals surface area (Å²) < 4.78 is 32.4. The first-order chi connectivity index (χ1) is 13.9. The molecule has 0 saturated heterocycles. The van der Waals surface area contributed by atoms with E-state index in [1.807, 2.05) is 31.2 Å². The molecule has 29 heavy (non-hydrogen) atoms. The Hall–Kier alpha value is -2.91. The molecule has 0 spiro atoms. The zero-order valence-electron chi connectivity index (χ0n) is 16.0. The van der Waals surface area contributed by atoms with Crippen LogP contribution in [0.5, 0.6) is 5.75 Å². The van der Waals surface area contributed by atoms with Crippen LogP contribution in [0.1, 0.15) is 17.7 Å². The predicted molar refractivity (Wildman–Crippen MR) is 114 cm³/mol. The maximum Gasteiger partial charge on any atom is 0.263 e. The Kier molecular flexibility index (Phi) is 6.50. The van der Waals surface area contributed by atoms with E-state index in [-0.39, 0.29) is 22.4 Å². The molecule has 0 radical (unpaired) electrons. The fraction of sp³-hybridized carbons (Fsp3) is 0.200. The lowest BCUT2D eigenvalue weighted by Crippen LogP contribution is -2.13. The van der Waals surface area contributed by atoms with Crippen LogP contribution < -0.4 is 14.8 Å². The third-order valence-electron chi connectivity index (χ3n) is 4.05. The molecule has 0 saturated carbocycles. The smallest absolute Gasteiger partial charge is 0.263 e. The first kappa shape index (κ1) is 20.8. The normalized spacial score (nSPS) is 11.1. The van der Waals surface area contributed by atoms with Gasteiger partial charge in [-0.25, -0.2) is 13.4 Å². The van der Waals surface area contributed by atoms with Crippen LogP contribution in [0, 0.1) is 6.92 Å². The number of aryl methyl sites for hydroxylation is 2. The number of ether oxygens (including phenoxy) is 1. The summed E-state index contributed by atoms with van der Waals surface area (Å²) in [4.78, 5) is 16.5. The van der Waals surface area contributed by atoms with Gasteiger partial charge in [0.05, 0.1) is 17.7 Å². The van der Waals surface area contributed by atoms with Crippen molar-refractivity contribution in [2.45, 2.75) is 24.7 Å². The number of sulfonamides is 1.